The van der Waals surface area contributed by atoms with Crippen LogP contribution in [0.15, 0.2) is 60.8 Å². The molecule has 0 radical (unpaired) electrons. The molecule has 0 bridgehead atoms. The van der Waals surface area contributed by atoms with Crippen molar-refractivity contribution in [1.82, 2.24) is 25.0 Å². The summed E-state index contributed by atoms with van der Waals surface area (Å²) in [6.07, 6.45) is 6.54. The standard InChI is InChI=1S/C33H35N5O4/c1-33(32(41)38-27(14-19-8-4-3-5-9-19)30(40)37-13-7-12-25(37)31(38)42-33)35-29(39)21-15-23-22-10-6-11-24-28(22)20(17-34-24)16-26(23)36(2)18-21/h3-6,8-11,15,17,21,25-27,31,34H,7,12-14,16,18H2,1-2H3,(H,35,39)/t21-,25?,26-,27+,31?,33-/m1/s1. The van der Waals surface area contributed by atoms with Crippen LogP contribution in [0.5, 0.6) is 0 Å². The molecule has 2 N–H and O–H groups in total. The van der Waals surface area contributed by atoms with E-state index in [4.69, 9.17) is 4.74 Å². The minimum Gasteiger partial charge on any atom is -0.361 e. The molecule has 2 unspecified atom stereocenters. The fourth-order valence-electron chi connectivity index (χ4n) is 8.01. The number of ether oxygens (including phenoxy) is 1. The Morgan fingerprint density at radius 2 is 1.98 bits per heavy atom. The number of nitrogens with one attached hydrogen (secondary N) is 2. The van der Waals surface area contributed by atoms with E-state index in [0.717, 1.165) is 41.5 Å². The third-order valence-electron chi connectivity index (χ3n) is 10.0. The molecule has 3 saturated heterocycles. The van der Waals surface area contributed by atoms with Crippen LogP contribution in [0.2, 0.25) is 0 Å². The smallest absolute Gasteiger partial charge is 0.278 e. The summed E-state index contributed by atoms with van der Waals surface area (Å²) >= 11 is 0. The number of likely N-dealkylation sites (N-methyl/N-ethyl adjacent to an activating group) is 1. The van der Waals surface area contributed by atoms with Crippen LogP contribution in [0.1, 0.15) is 36.5 Å². The molecule has 42 heavy (non-hydrogen) atoms. The number of nitrogens with zero attached hydrogens (tertiary/aromatic N) is 3. The van der Waals surface area contributed by atoms with E-state index in [0.29, 0.717) is 19.5 Å². The van der Waals surface area contributed by atoms with Gasteiger partial charge in [-0.15, -0.1) is 0 Å². The van der Waals surface area contributed by atoms with Gasteiger partial charge in [0.1, 0.15) is 6.04 Å². The normalized spacial score (nSPS) is 32.0. The average molecular weight is 566 g/mol. The number of carbonyl (C=O) groups excluding carboxylic acids is 3. The molecule has 9 heteroatoms. The number of fused-ring (bicyclic) bond motifs is 5. The molecule has 4 aliphatic heterocycles. The average Bonchev–Trinajstić information content (AvgIpc) is 3.70. The molecule has 3 fully saturated rings. The Balaban J connectivity index is 1.09. The number of benzene rings is 2. The molecule has 5 aliphatic rings. The molecule has 0 saturated carbocycles. The van der Waals surface area contributed by atoms with Crippen LogP contribution in [0, 0.1) is 5.92 Å². The number of aromatic amines is 1. The highest BCUT2D eigenvalue weighted by Crippen LogP contribution is 2.42. The van der Waals surface area contributed by atoms with Gasteiger partial charge in [-0.2, -0.15) is 0 Å². The summed E-state index contributed by atoms with van der Waals surface area (Å²) < 4.78 is 6.49. The highest BCUT2D eigenvalue weighted by Gasteiger charge is 2.61. The zero-order valence-corrected chi connectivity index (χ0v) is 23.9. The maximum atomic E-state index is 14.1. The van der Waals surface area contributed by atoms with Crippen LogP contribution < -0.4 is 5.32 Å². The molecule has 216 valence electrons. The van der Waals surface area contributed by atoms with Crippen molar-refractivity contribution < 1.29 is 19.1 Å². The summed E-state index contributed by atoms with van der Waals surface area (Å²) in [6, 6.07) is 15.4. The first kappa shape index (κ1) is 25.7. The molecule has 1 aromatic heterocycles. The summed E-state index contributed by atoms with van der Waals surface area (Å²) in [7, 11) is 2.06. The van der Waals surface area contributed by atoms with Crippen molar-refractivity contribution >= 4 is 34.2 Å². The van der Waals surface area contributed by atoms with Gasteiger partial charge >= 0.3 is 0 Å². The maximum absolute atomic E-state index is 14.1. The summed E-state index contributed by atoms with van der Waals surface area (Å²) in [5.41, 5.74) is 4.14. The van der Waals surface area contributed by atoms with Crippen molar-refractivity contribution in [2.45, 2.75) is 62.7 Å². The van der Waals surface area contributed by atoms with Crippen molar-refractivity contribution in [2.24, 2.45) is 5.92 Å². The lowest BCUT2D eigenvalue weighted by molar-refractivity contribution is -0.165. The molecule has 8 rings (SSSR count). The Kier molecular flexibility index (Phi) is 5.68. The fraction of sp³-hybridized carbons (Fsp3) is 0.424. The summed E-state index contributed by atoms with van der Waals surface area (Å²) in [6.45, 7) is 2.85. The topological polar surface area (TPSA) is 98.0 Å². The Morgan fingerprint density at radius 1 is 1.14 bits per heavy atom. The second-order valence-corrected chi connectivity index (χ2v) is 12.6. The first-order valence-corrected chi connectivity index (χ1v) is 15.0. The lowest BCUT2D eigenvalue weighted by Crippen LogP contribution is -2.65. The quantitative estimate of drug-likeness (QED) is 0.507. The fourth-order valence-corrected chi connectivity index (χ4v) is 8.01. The maximum Gasteiger partial charge on any atom is 0.278 e. The van der Waals surface area contributed by atoms with Gasteiger partial charge in [0, 0.05) is 42.7 Å². The summed E-state index contributed by atoms with van der Waals surface area (Å²) in [5.74, 6) is -1.08. The second kappa shape index (κ2) is 9.28. The summed E-state index contributed by atoms with van der Waals surface area (Å²) in [4.78, 5) is 50.8. The van der Waals surface area contributed by atoms with E-state index in [2.05, 4.69) is 46.7 Å². The highest BCUT2D eigenvalue weighted by atomic mass is 16.6. The van der Waals surface area contributed by atoms with Crippen molar-refractivity contribution in [3.05, 3.63) is 77.5 Å². The van der Waals surface area contributed by atoms with Gasteiger partial charge < -0.3 is 19.9 Å². The first-order valence-electron chi connectivity index (χ1n) is 15.0. The van der Waals surface area contributed by atoms with Crippen molar-refractivity contribution in [3.8, 4) is 0 Å². The highest BCUT2D eigenvalue weighted by molar-refractivity contribution is 6.00. The first-order chi connectivity index (χ1) is 20.3. The Bertz CT molecular complexity index is 1650. The second-order valence-electron chi connectivity index (χ2n) is 12.6. The minimum absolute atomic E-state index is 0.0367. The van der Waals surface area contributed by atoms with Crippen LogP contribution in [-0.4, -0.2) is 87.6 Å². The molecule has 0 spiro atoms. The Hall–Kier alpha value is -3.95. The van der Waals surface area contributed by atoms with E-state index in [1.807, 2.05) is 41.3 Å². The zero-order chi connectivity index (χ0) is 28.7. The molecule has 5 heterocycles. The third-order valence-corrected chi connectivity index (χ3v) is 10.0. The van der Waals surface area contributed by atoms with Crippen LogP contribution >= 0.6 is 0 Å². The molecule has 3 amide bonds. The lowest BCUT2D eigenvalue weighted by atomic mass is 9.79. The van der Waals surface area contributed by atoms with Gasteiger partial charge in [-0.25, -0.2) is 0 Å². The Labute approximate surface area is 244 Å². The van der Waals surface area contributed by atoms with E-state index in [1.54, 1.807) is 11.8 Å². The van der Waals surface area contributed by atoms with E-state index >= 15 is 0 Å². The SMILES string of the molecule is CN1C[C@H](C(=O)N[C@]2(C)OC3C4CCCN4C(=O)[C@H](Cc4ccccc4)N3C2=O)C=C2c3cccc4[nH]cc(c34)C[C@H]21. The number of amides is 3. The Morgan fingerprint density at radius 3 is 2.81 bits per heavy atom. The van der Waals surface area contributed by atoms with Crippen LogP contribution in [0.3, 0.4) is 0 Å². The van der Waals surface area contributed by atoms with Crippen LogP contribution in [0.4, 0.5) is 0 Å². The number of H-pyrrole nitrogens is 1. The molecular formula is C33H35N5O4. The lowest BCUT2D eigenvalue weighted by Gasteiger charge is -2.44. The van der Waals surface area contributed by atoms with Gasteiger partial charge in [-0.05, 0) is 61.6 Å². The largest absolute Gasteiger partial charge is 0.361 e. The number of hydrogen-bond donors (Lipinski definition) is 2. The molecular weight excluding hydrogens is 530 g/mol. The van der Waals surface area contributed by atoms with Gasteiger partial charge in [0.2, 0.25) is 17.5 Å². The third kappa shape index (κ3) is 3.72. The minimum atomic E-state index is -1.55. The summed E-state index contributed by atoms with van der Waals surface area (Å²) in [5, 5.41) is 4.23. The predicted molar refractivity (Wildman–Crippen MR) is 157 cm³/mol. The van der Waals surface area contributed by atoms with Crippen LogP contribution in [0.25, 0.3) is 16.5 Å². The van der Waals surface area contributed by atoms with Crippen molar-refractivity contribution in [2.75, 3.05) is 20.1 Å². The molecule has 9 nitrogen and oxygen atoms in total. The predicted octanol–water partition coefficient (Wildman–Crippen LogP) is 2.67. The van der Waals surface area contributed by atoms with Gasteiger partial charge in [0.05, 0.1) is 12.0 Å². The number of piperazine rings is 1. The molecule has 1 aliphatic carbocycles. The molecule has 3 aromatic rings. The van der Waals surface area contributed by atoms with E-state index in [1.165, 1.54) is 10.9 Å². The number of carbonyl (C=O) groups is 3. The molecule has 2 aromatic carbocycles. The van der Waals surface area contributed by atoms with E-state index < -0.39 is 23.9 Å². The zero-order valence-electron chi connectivity index (χ0n) is 23.9. The van der Waals surface area contributed by atoms with Gasteiger partial charge in [-0.1, -0.05) is 48.5 Å². The van der Waals surface area contributed by atoms with Gasteiger partial charge in [0.15, 0.2) is 6.23 Å². The van der Waals surface area contributed by atoms with Crippen LogP contribution in [-0.2, 0) is 32.0 Å². The van der Waals surface area contributed by atoms with E-state index in [-0.39, 0.29) is 29.8 Å². The monoisotopic (exact) mass is 565 g/mol. The molecule has 6 atom stereocenters. The number of hydrogen-bond acceptors (Lipinski definition) is 5. The van der Waals surface area contributed by atoms with E-state index in [9.17, 15) is 14.4 Å². The number of aromatic nitrogens is 1. The van der Waals surface area contributed by atoms with Gasteiger partial charge in [-0.3, -0.25) is 24.2 Å². The van der Waals surface area contributed by atoms with Crippen molar-refractivity contribution in [3.63, 3.8) is 0 Å². The number of rotatable bonds is 4. The van der Waals surface area contributed by atoms with Gasteiger partial charge in [0.25, 0.3) is 5.91 Å². The van der Waals surface area contributed by atoms with Crippen molar-refractivity contribution in [1.29, 1.82) is 0 Å².